The van der Waals surface area contributed by atoms with Crippen LogP contribution in [-0.4, -0.2) is 6.04 Å². The minimum atomic E-state index is -0.275. The molecule has 2 unspecified atom stereocenters. The Hall–Kier alpha value is -0.510. The number of rotatable bonds is 2. The van der Waals surface area contributed by atoms with Crippen LogP contribution in [0, 0.1) is 0 Å². The van der Waals surface area contributed by atoms with Crippen molar-refractivity contribution in [2.75, 3.05) is 0 Å². The van der Waals surface area contributed by atoms with Gasteiger partial charge in [0.15, 0.2) is 5.22 Å². The van der Waals surface area contributed by atoms with E-state index < -0.39 is 0 Å². The van der Waals surface area contributed by atoms with E-state index >= 15 is 0 Å². The predicted molar refractivity (Wildman–Crippen MR) is 44.3 cm³/mol. The quantitative estimate of drug-likeness (QED) is 0.710. The highest BCUT2D eigenvalue weighted by molar-refractivity contribution is 6.28. The molecule has 0 spiro atoms. The topological polar surface area (TPSA) is 65.2 Å². The van der Waals surface area contributed by atoms with E-state index in [-0.39, 0.29) is 12.1 Å². The van der Waals surface area contributed by atoms with E-state index in [1.165, 1.54) is 0 Å². The van der Waals surface area contributed by atoms with Crippen molar-refractivity contribution < 1.29 is 4.42 Å². The first-order valence-corrected chi connectivity index (χ1v) is 3.75. The van der Waals surface area contributed by atoms with Crippen LogP contribution in [0.25, 0.3) is 0 Å². The molecule has 62 valence electrons. The van der Waals surface area contributed by atoms with Gasteiger partial charge < -0.3 is 15.9 Å². The average Bonchev–Trinajstić information content (AvgIpc) is 2.34. The Balaban J connectivity index is 2.76. The van der Waals surface area contributed by atoms with Crippen molar-refractivity contribution >= 4 is 11.6 Å². The summed E-state index contributed by atoms with van der Waals surface area (Å²) in [4.78, 5) is 0. The maximum atomic E-state index is 5.67. The molecular formula is C7H11ClN2O. The van der Waals surface area contributed by atoms with E-state index in [0.29, 0.717) is 11.0 Å². The van der Waals surface area contributed by atoms with E-state index in [1.807, 2.05) is 6.92 Å². The highest BCUT2D eigenvalue weighted by atomic mass is 35.5. The molecule has 1 aromatic rings. The Bertz CT molecular complexity index is 234. The van der Waals surface area contributed by atoms with Gasteiger partial charge in [0.2, 0.25) is 0 Å². The monoisotopic (exact) mass is 174 g/mol. The smallest absolute Gasteiger partial charge is 0.193 e. The molecule has 1 heterocycles. The van der Waals surface area contributed by atoms with Gasteiger partial charge in [0.05, 0.1) is 6.04 Å². The average molecular weight is 175 g/mol. The van der Waals surface area contributed by atoms with Crippen LogP contribution in [0.2, 0.25) is 5.22 Å². The Kier molecular flexibility index (Phi) is 2.54. The molecular weight excluding hydrogens is 164 g/mol. The van der Waals surface area contributed by atoms with Gasteiger partial charge in [-0.25, -0.2) is 0 Å². The lowest BCUT2D eigenvalue weighted by molar-refractivity contribution is 0.436. The second-order valence-electron chi connectivity index (χ2n) is 2.53. The van der Waals surface area contributed by atoms with Crippen LogP contribution in [0.15, 0.2) is 16.5 Å². The van der Waals surface area contributed by atoms with Crippen molar-refractivity contribution in [3.05, 3.63) is 23.1 Å². The largest absolute Gasteiger partial charge is 0.448 e. The van der Waals surface area contributed by atoms with Crippen LogP contribution in [0.5, 0.6) is 0 Å². The molecule has 0 fully saturated rings. The van der Waals surface area contributed by atoms with Crippen molar-refractivity contribution in [1.82, 2.24) is 0 Å². The van der Waals surface area contributed by atoms with Gasteiger partial charge in [-0.15, -0.1) is 0 Å². The number of halogens is 1. The zero-order valence-corrected chi connectivity index (χ0v) is 7.01. The molecule has 4 N–H and O–H groups in total. The summed E-state index contributed by atoms with van der Waals surface area (Å²) in [7, 11) is 0. The molecule has 0 aliphatic carbocycles. The van der Waals surface area contributed by atoms with E-state index in [9.17, 15) is 0 Å². The lowest BCUT2D eigenvalue weighted by Gasteiger charge is -2.11. The highest BCUT2D eigenvalue weighted by Gasteiger charge is 2.13. The molecule has 1 rings (SSSR count). The third-order valence-electron chi connectivity index (χ3n) is 1.49. The third-order valence-corrected chi connectivity index (χ3v) is 1.69. The number of hydrogen-bond donors (Lipinski definition) is 2. The van der Waals surface area contributed by atoms with Crippen molar-refractivity contribution in [2.24, 2.45) is 11.5 Å². The maximum absolute atomic E-state index is 5.67. The first kappa shape index (κ1) is 8.59. The van der Waals surface area contributed by atoms with Crippen LogP contribution < -0.4 is 11.5 Å². The number of furan rings is 1. The fourth-order valence-corrected chi connectivity index (χ4v) is 0.919. The van der Waals surface area contributed by atoms with Gasteiger partial charge in [0, 0.05) is 6.04 Å². The van der Waals surface area contributed by atoms with Crippen molar-refractivity contribution in [3.8, 4) is 0 Å². The van der Waals surface area contributed by atoms with Crippen molar-refractivity contribution in [1.29, 1.82) is 0 Å². The highest BCUT2D eigenvalue weighted by Crippen LogP contribution is 2.19. The predicted octanol–water partition coefficient (Wildman–Crippen LogP) is 1.28. The summed E-state index contributed by atoms with van der Waals surface area (Å²) in [5.74, 6) is 0.630. The summed E-state index contributed by atoms with van der Waals surface area (Å²) >= 11 is 5.55. The van der Waals surface area contributed by atoms with Gasteiger partial charge in [-0.05, 0) is 30.7 Å². The molecule has 0 aromatic carbocycles. The van der Waals surface area contributed by atoms with Crippen molar-refractivity contribution in [2.45, 2.75) is 19.0 Å². The first-order valence-electron chi connectivity index (χ1n) is 3.37. The summed E-state index contributed by atoms with van der Waals surface area (Å²) in [6.07, 6.45) is 0. The van der Waals surface area contributed by atoms with Crippen LogP contribution in [-0.2, 0) is 0 Å². The third kappa shape index (κ3) is 1.96. The molecule has 1 aromatic heterocycles. The van der Waals surface area contributed by atoms with E-state index in [1.54, 1.807) is 12.1 Å². The van der Waals surface area contributed by atoms with Crippen LogP contribution in [0.4, 0.5) is 0 Å². The van der Waals surface area contributed by atoms with Crippen LogP contribution in [0.1, 0.15) is 18.7 Å². The van der Waals surface area contributed by atoms with Crippen molar-refractivity contribution in [3.63, 3.8) is 0 Å². The lowest BCUT2D eigenvalue weighted by Crippen LogP contribution is -2.30. The molecule has 0 saturated heterocycles. The molecule has 0 amide bonds. The van der Waals surface area contributed by atoms with E-state index in [4.69, 9.17) is 27.5 Å². The molecule has 0 saturated carbocycles. The fraction of sp³-hybridized carbons (Fsp3) is 0.429. The minimum absolute atomic E-state index is 0.128. The normalized spacial score (nSPS) is 16.4. The molecule has 0 bridgehead atoms. The summed E-state index contributed by atoms with van der Waals surface area (Å²) in [6, 6.07) is 2.98. The number of nitrogens with two attached hydrogens (primary N) is 2. The van der Waals surface area contributed by atoms with Crippen LogP contribution >= 0.6 is 11.6 Å². The second-order valence-corrected chi connectivity index (χ2v) is 2.90. The Morgan fingerprint density at radius 1 is 1.45 bits per heavy atom. The molecule has 3 nitrogen and oxygen atoms in total. The summed E-state index contributed by atoms with van der Waals surface area (Å²) in [5, 5.41) is 0.344. The minimum Gasteiger partial charge on any atom is -0.448 e. The molecule has 4 heteroatoms. The van der Waals surface area contributed by atoms with E-state index in [0.717, 1.165) is 0 Å². The zero-order chi connectivity index (χ0) is 8.43. The van der Waals surface area contributed by atoms with Crippen LogP contribution in [0.3, 0.4) is 0 Å². The summed E-state index contributed by atoms with van der Waals surface area (Å²) < 4.78 is 5.07. The van der Waals surface area contributed by atoms with E-state index in [2.05, 4.69) is 0 Å². The first-order chi connectivity index (χ1) is 5.11. The van der Waals surface area contributed by atoms with Gasteiger partial charge >= 0.3 is 0 Å². The molecule has 11 heavy (non-hydrogen) atoms. The molecule has 0 aliphatic heterocycles. The number of hydrogen-bond acceptors (Lipinski definition) is 3. The molecule has 0 aliphatic rings. The molecule has 2 atom stereocenters. The SMILES string of the molecule is CC(N)C(N)c1ccc(Cl)o1. The standard InChI is InChI=1S/C7H11ClN2O/c1-4(9)7(10)5-2-3-6(8)11-5/h2-4,7H,9-10H2,1H3. The van der Waals surface area contributed by atoms with Gasteiger partial charge in [-0.3, -0.25) is 0 Å². The van der Waals surface area contributed by atoms with Gasteiger partial charge in [0.1, 0.15) is 5.76 Å². The fourth-order valence-electron chi connectivity index (χ4n) is 0.767. The van der Waals surface area contributed by atoms with Gasteiger partial charge in [0.25, 0.3) is 0 Å². The maximum Gasteiger partial charge on any atom is 0.193 e. The summed E-state index contributed by atoms with van der Waals surface area (Å²) in [6.45, 7) is 1.82. The Labute approximate surface area is 70.3 Å². The van der Waals surface area contributed by atoms with Gasteiger partial charge in [-0.2, -0.15) is 0 Å². The summed E-state index contributed by atoms with van der Waals surface area (Å²) in [5.41, 5.74) is 11.2. The Morgan fingerprint density at radius 2 is 2.09 bits per heavy atom. The second kappa shape index (κ2) is 3.26. The molecule has 0 radical (unpaired) electrons. The lowest BCUT2D eigenvalue weighted by atomic mass is 10.1. The zero-order valence-electron chi connectivity index (χ0n) is 6.25. The Morgan fingerprint density at radius 3 is 2.45 bits per heavy atom. The van der Waals surface area contributed by atoms with Gasteiger partial charge in [-0.1, -0.05) is 0 Å².